The van der Waals surface area contributed by atoms with Crippen LogP contribution in [0.5, 0.6) is 0 Å². The SMILES string of the molecule is CC[C@@H](NC(=O)CSCc1ccc(Cl)cc1F)c1ccc2c(c1)CCCC2. The van der Waals surface area contributed by atoms with Crippen LogP contribution in [0.3, 0.4) is 0 Å². The Hall–Kier alpha value is -1.52. The number of hydrogen-bond donors (Lipinski definition) is 1. The van der Waals surface area contributed by atoms with Crippen LogP contribution < -0.4 is 5.32 Å². The Labute approximate surface area is 169 Å². The molecule has 1 aliphatic rings. The number of carbonyl (C=O) groups is 1. The van der Waals surface area contributed by atoms with E-state index in [0.717, 1.165) is 19.3 Å². The van der Waals surface area contributed by atoms with E-state index in [9.17, 15) is 9.18 Å². The molecule has 0 unspecified atom stereocenters. The molecule has 1 atom stereocenters. The molecule has 0 fully saturated rings. The molecule has 2 aromatic carbocycles. The zero-order valence-corrected chi connectivity index (χ0v) is 17.1. The zero-order chi connectivity index (χ0) is 19.2. The quantitative estimate of drug-likeness (QED) is 0.625. The number of rotatable bonds is 7. The van der Waals surface area contributed by atoms with Gasteiger partial charge in [0.1, 0.15) is 5.82 Å². The predicted octanol–water partition coefficient (Wildman–Crippen LogP) is 5.86. The van der Waals surface area contributed by atoms with Crippen LogP contribution >= 0.6 is 23.4 Å². The lowest BCUT2D eigenvalue weighted by Gasteiger charge is -2.21. The van der Waals surface area contributed by atoms with Crippen molar-refractivity contribution in [3.05, 3.63) is 69.5 Å². The summed E-state index contributed by atoms with van der Waals surface area (Å²) in [5.41, 5.74) is 4.63. The minimum atomic E-state index is -0.323. The Morgan fingerprint density at radius 3 is 2.70 bits per heavy atom. The summed E-state index contributed by atoms with van der Waals surface area (Å²) >= 11 is 7.18. The first-order valence-corrected chi connectivity index (χ1v) is 11.0. The van der Waals surface area contributed by atoms with Crippen molar-refractivity contribution in [1.29, 1.82) is 0 Å². The van der Waals surface area contributed by atoms with Gasteiger partial charge in [-0.25, -0.2) is 4.39 Å². The molecule has 144 valence electrons. The molecule has 5 heteroatoms. The topological polar surface area (TPSA) is 29.1 Å². The number of amides is 1. The average molecular weight is 406 g/mol. The first-order valence-electron chi connectivity index (χ1n) is 9.49. The minimum Gasteiger partial charge on any atom is -0.349 e. The Morgan fingerprint density at radius 2 is 1.96 bits per heavy atom. The van der Waals surface area contributed by atoms with Crippen LogP contribution in [0.15, 0.2) is 36.4 Å². The maximum atomic E-state index is 13.8. The molecule has 27 heavy (non-hydrogen) atoms. The van der Waals surface area contributed by atoms with Crippen molar-refractivity contribution in [3.8, 4) is 0 Å². The van der Waals surface area contributed by atoms with Crippen LogP contribution in [0.25, 0.3) is 0 Å². The number of thioether (sulfide) groups is 1. The Kier molecular flexibility index (Phi) is 7.20. The van der Waals surface area contributed by atoms with Gasteiger partial charge in [0.05, 0.1) is 11.8 Å². The van der Waals surface area contributed by atoms with Crippen LogP contribution in [0.4, 0.5) is 4.39 Å². The van der Waals surface area contributed by atoms with Crippen molar-refractivity contribution >= 4 is 29.3 Å². The van der Waals surface area contributed by atoms with Gasteiger partial charge in [-0.3, -0.25) is 4.79 Å². The third kappa shape index (κ3) is 5.49. The largest absolute Gasteiger partial charge is 0.349 e. The molecule has 3 rings (SSSR count). The molecular weight excluding hydrogens is 381 g/mol. The lowest BCUT2D eigenvalue weighted by Crippen LogP contribution is -2.29. The van der Waals surface area contributed by atoms with E-state index in [1.165, 1.54) is 47.4 Å². The molecule has 0 aliphatic heterocycles. The molecule has 0 heterocycles. The molecule has 2 aromatic rings. The fourth-order valence-electron chi connectivity index (χ4n) is 3.52. The maximum absolute atomic E-state index is 13.8. The maximum Gasteiger partial charge on any atom is 0.230 e. The molecule has 0 spiro atoms. The van der Waals surface area contributed by atoms with Crippen LogP contribution in [-0.2, 0) is 23.4 Å². The van der Waals surface area contributed by atoms with Crippen molar-refractivity contribution in [3.63, 3.8) is 0 Å². The summed E-state index contributed by atoms with van der Waals surface area (Å²) in [5, 5.41) is 3.51. The van der Waals surface area contributed by atoms with Gasteiger partial charge < -0.3 is 5.32 Å². The van der Waals surface area contributed by atoms with Gasteiger partial charge in [-0.2, -0.15) is 0 Å². The van der Waals surface area contributed by atoms with Crippen molar-refractivity contribution in [2.24, 2.45) is 0 Å². The standard InChI is InChI=1S/C22H25ClFNOS/c1-2-21(17-8-7-15-5-3-4-6-16(15)11-17)25-22(26)14-27-13-18-9-10-19(23)12-20(18)24/h7-12,21H,2-6,13-14H2,1H3,(H,25,26)/t21-/m1/s1. The number of fused-ring (bicyclic) bond motifs is 1. The van der Waals surface area contributed by atoms with E-state index in [1.807, 2.05) is 0 Å². The van der Waals surface area contributed by atoms with Crippen molar-refractivity contribution in [2.75, 3.05) is 5.75 Å². The Morgan fingerprint density at radius 1 is 1.19 bits per heavy atom. The molecule has 0 bridgehead atoms. The number of aryl methyl sites for hydroxylation is 2. The fourth-order valence-corrected chi connectivity index (χ4v) is 4.50. The average Bonchev–Trinajstić information content (AvgIpc) is 2.67. The smallest absolute Gasteiger partial charge is 0.230 e. The second kappa shape index (κ2) is 9.61. The van der Waals surface area contributed by atoms with E-state index in [2.05, 4.69) is 30.4 Å². The van der Waals surface area contributed by atoms with Gasteiger partial charge in [-0.05, 0) is 66.5 Å². The highest BCUT2D eigenvalue weighted by Crippen LogP contribution is 2.26. The third-order valence-corrected chi connectivity index (χ3v) is 6.24. The lowest BCUT2D eigenvalue weighted by atomic mass is 9.89. The summed E-state index contributed by atoms with van der Waals surface area (Å²) in [6.07, 6.45) is 5.66. The van der Waals surface area contributed by atoms with Crippen molar-refractivity contribution in [1.82, 2.24) is 5.32 Å². The van der Waals surface area contributed by atoms with Crippen molar-refractivity contribution < 1.29 is 9.18 Å². The van der Waals surface area contributed by atoms with E-state index in [4.69, 9.17) is 11.6 Å². The first kappa shape index (κ1) is 20.2. The molecule has 0 saturated heterocycles. The lowest BCUT2D eigenvalue weighted by molar-refractivity contribution is -0.119. The van der Waals surface area contributed by atoms with E-state index in [1.54, 1.807) is 12.1 Å². The highest BCUT2D eigenvalue weighted by Gasteiger charge is 2.16. The third-order valence-electron chi connectivity index (χ3n) is 5.02. The predicted molar refractivity (Wildman–Crippen MR) is 112 cm³/mol. The molecule has 0 aromatic heterocycles. The molecule has 0 saturated carbocycles. The number of benzene rings is 2. The summed E-state index contributed by atoms with van der Waals surface area (Å²) < 4.78 is 13.8. The van der Waals surface area contributed by atoms with E-state index in [-0.39, 0.29) is 17.8 Å². The monoisotopic (exact) mass is 405 g/mol. The normalized spacial score (nSPS) is 14.5. The fraction of sp³-hybridized carbons (Fsp3) is 0.409. The molecule has 2 nitrogen and oxygen atoms in total. The molecular formula is C22H25ClFNOS. The first-order chi connectivity index (χ1) is 13.1. The summed E-state index contributed by atoms with van der Waals surface area (Å²) in [7, 11) is 0. The second-order valence-corrected chi connectivity index (χ2v) is 8.41. The highest BCUT2D eigenvalue weighted by atomic mass is 35.5. The number of halogens is 2. The van der Waals surface area contributed by atoms with Crippen molar-refractivity contribution in [2.45, 2.75) is 50.8 Å². The summed E-state index contributed by atoms with van der Waals surface area (Å²) in [5.74, 6) is 0.421. The van der Waals surface area contributed by atoms with Gasteiger partial charge in [0.25, 0.3) is 0 Å². The van der Waals surface area contributed by atoms with Gasteiger partial charge in [-0.15, -0.1) is 11.8 Å². The minimum absolute atomic E-state index is 0.0149. The number of hydrogen-bond acceptors (Lipinski definition) is 2. The van der Waals surface area contributed by atoms with Gasteiger partial charge in [0.15, 0.2) is 0 Å². The van der Waals surface area contributed by atoms with E-state index >= 15 is 0 Å². The van der Waals surface area contributed by atoms with Crippen LogP contribution in [0, 0.1) is 5.82 Å². The summed E-state index contributed by atoms with van der Waals surface area (Å²) in [6, 6.07) is 11.3. The van der Waals surface area contributed by atoms with Gasteiger partial charge in [0.2, 0.25) is 5.91 Å². The van der Waals surface area contributed by atoms with Gasteiger partial charge in [-0.1, -0.05) is 42.8 Å². The van der Waals surface area contributed by atoms with Gasteiger partial charge >= 0.3 is 0 Å². The molecule has 1 amide bonds. The highest BCUT2D eigenvalue weighted by molar-refractivity contribution is 7.99. The van der Waals surface area contributed by atoms with Crippen LogP contribution in [-0.4, -0.2) is 11.7 Å². The summed E-state index contributed by atoms with van der Waals surface area (Å²) in [6.45, 7) is 2.08. The van der Waals surface area contributed by atoms with Crippen LogP contribution in [0.1, 0.15) is 54.5 Å². The Balaban J connectivity index is 1.54. The second-order valence-electron chi connectivity index (χ2n) is 6.99. The van der Waals surface area contributed by atoms with Crippen LogP contribution in [0.2, 0.25) is 5.02 Å². The van der Waals surface area contributed by atoms with Gasteiger partial charge in [0, 0.05) is 10.8 Å². The zero-order valence-electron chi connectivity index (χ0n) is 15.6. The molecule has 1 N–H and O–H groups in total. The number of nitrogens with one attached hydrogen (secondary N) is 1. The van der Waals surface area contributed by atoms with E-state index in [0.29, 0.717) is 22.1 Å². The summed E-state index contributed by atoms with van der Waals surface area (Å²) in [4.78, 5) is 12.4. The molecule has 0 radical (unpaired) electrons. The van der Waals surface area contributed by atoms with E-state index < -0.39 is 0 Å². The Bertz CT molecular complexity index is 811. The molecule has 1 aliphatic carbocycles. The number of carbonyl (C=O) groups excluding carboxylic acids is 1.